The number of rotatable bonds is 2. The molecule has 0 spiro atoms. The summed E-state index contributed by atoms with van der Waals surface area (Å²) in [6.07, 6.45) is 1.43. The standard InChI is InChI=1S/C12H10Cl2N2O/c1-16(2)12(17)9(7-15)6-8-4-3-5-10(13)11(8)14/h3-6H,1-2H3/b9-6+. The van der Waals surface area contributed by atoms with Gasteiger partial charge in [-0.3, -0.25) is 4.79 Å². The summed E-state index contributed by atoms with van der Waals surface area (Å²) in [5, 5.41) is 9.64. The average Bonchev–Trinajstić information content (AvgIpc) is 2.30. The van der Waals surface area contributed by atoms with Gasteiger partial charge < -0.3 is 4.90 Å². The van der Waals surface area contributed by atoms with Gasteiger partial charge in [0.15, 0.2) is 0 Å². The molecule has 1 aromatic rings. The maximum Gasteiger partial charge on any atom is 0.264 e. The van der Waals surface area contributed by atoms with Crippen molar-refractivity contribution in [3.05, 3.63) is 39.4 Å². The third-order valence-electron chi connectivity index (χ3n) is 2.04. The van der Waals surface area contributed by atoms with Crippen molar-refractivity contribution in [2.24, 2.45) is 0 Å². The lowest BCUT2D eigenvalue weighted by molar-refractivity contribution is -0.124. The first-order valence-corrected chi connectivity index (χ1v) is 5.50. The van der Waals surface area contributed by atoms with Crippen molar-refractivity contribution in [2.75, 3.05) is 14.1 Å². The zero-order chi connectivity index (χ0) is 13.0. The van der Waals surface area contributed by atoms with Crippen LogP contribution >= 0.6 is 23.2 Å². The van der Waals surface area contributed by atoms with E-state index in [1.54, 1.807) is 32.3 Å². The number of hydrogen-bond acceptors (Lipinski definition) is 2. The summed E-state index contributed by atoms with van der Waals surface area (Å²) in [7, 11) is 3.15. The highest BCUT2D eigenvalue weighted by Gasteiger charge is 2.12. The highest BCUT2D eigenvalue weighted by Crippen LogP contribution is 2.27. The molecule has 0 aliphatic carbocycles. The number of nitrogens with zero attached hydrogens (tertiary/aromatic N) is 2. The normalized spacial score (nSPS) is 10.9. The van der Waals surface area contributed by atoms with E-state index in [2.05, 4.69) is 0 Å². The first kappa shape index (κ1) is 13.6. The van der Waals surface area contributed by atoms with Crippen molar-refractivity contribution in [2.45, 2.75) is 0 Å². The van der Waals surface area contributed by atoms with Crippen LogP contribution in [0.1, 0.15) is 5.56 Å². The number of amides is 1. The number of benzene rings is 1. The predicted molar refractivity (Wildman–Crippen MR) is 68.7 cm³/mol. The van der Waals surface area contributed by atoms with Crippen LogP contribution in [0.2, 0.25) is 10.0 Å². The summed E-state index contributed by atoms with van der Waals surface area (Å²) in [5.74, 6) is -0.372. The van der Waals surface area contributed by atoms with E-state index in [-0.39, 0.29) is 11.5 Å². The van der Waals surface area contributed by atoms with E-state index in [9.17, 15) is 4.79 Å². The minimum Gasteiger partial charge on any atom is -0.344 e. The van der Waals surface area contributed by atoms with E-state index in [4.69, 9.17) is 28.5 Å². The molecule has 0 aromatic heterocycles. The van der Waals surface area contributed by atoms with E-state index in [1.165, 1.54) is 11.0 Å². The van der Waals surface area contributed by atoms with Gasteiger partial charge in [-0.05, 0) is 17.7 Å². The van der Waals surface area contributed by atoms with Gasteiger partial charge in [-0.15, -0.1) is 0 Å². The third kappa shape index (κ3) is 3.23. The molecule has 17 heavy (non-hydrogen) atoms. The van der Waals surface area contributed by atoms with Crippen molar-refractivity contribution in [1.29, 1.82) is 5.26 Å². The fraction of sp³-hybridized carbons (Fsp3) is 0.167. The number of carbonyl (C=O) groups excluding carboxylic acids is 1. The van der Waals surface area contributed by atoms with Crippen LogP contribution in [-0.2, 0) is 4.79 Å². The molecule has 5 heteroatoms. The Hall–Kier alpha value is -1.50. The molecule has 0 saturated carbocycles. The van der Waals surface area contributed by atoms with Crippen LogP contribution in [0.3, 0.4) is 0 Å². The van der Waals surface area contributed by atoms with Crippen molar-refractivity contribution in [3.63, 3.8) is 0 Å². The Kier molecular flexibility index (Phi) is 4.56. The molecule has 0 bridgehead atoms. The van der Waals surface area contributed by atoms with Crippen LogP contribution in [0.5, 0.6) is 0 Å². The molecule has 0 atom stereocenters. The fourth-order valence-corrected chi connectivity index (χ4v) is 1.53. The molecule has 0 saturated heterocycles. The SMILES string of the molecule is CN(C)C(=O)/C(C#N)=C/c1cccc(Cl)c1Cl. The van der Waals surface area contributed by atoms with Crippen molar-refractivity contribution >= 4 is 35.2 Å². The van der Waals surface area contributed by atoms with E-state index in [0.29, 0.717) is 15.6 Å². The molecule has 0 radical (unpaired) electrons. The van der Waals surface area contributed by atoms with Crippen LogP contribution in [-0.4, -0.2) is 24.9 Å². The van der Waals surface area contributed by atoms with Gasteiger partial charge in [0.25, 0.3) is 5.91 Å². The van der Waals surface area contributed by atoms with Crippen molar-refractivity contribution < 1.29 is 4.79 Å². The highest BCUT2D eigenvalue weighted by atomic mass is 35.5. The molecule has 0 heterocycles. The second-order valence-electron chi connectivity index (χ2n) is 3.51. The second-order valence-corrected chi connectivity index (χ2v) is 4.30. The minimum atomic E-state index is -0.372. The molecule has 1 aromatic carbocycles. The Morgan fingerprint density at radius 1 is 1.41 bits per heavy atom. The zero-order valence-corrected chi connectivity index (χ0v) is 10.9. The van der Waals surface area contributed by atoms with Crippen molar-refractivity contribution in [3.8, 4) is 6.07 Å². The van der Waals surface area contributed by atoms with E-state index in [1.807, 2.05) is 6.07 Å². The molecular formula is C12H10Cl2N2O. The molecule has 0 fully saturated rings. The minimum absolute atomic E-state index is 0.0131. The molecule has 0 N–H and O–H groups in total. The maximum atomic E-state index is 11.6. The number of nitriles is 1. The molecule has 88 valence electrons. The Bertz CT molecular complexity index is 516. The van der Waals surface area contributed by atoms with E-state index in [0.717, 1.165) is 0 Å². The van der Waals surface area contributed by atoms with E-state index < -0.39 is 0 Å². The number of likely N-dealkylation sites (N-methyl/N-ethyl adjacent to an activating group) is 1. The van der Waals surface area contributed by atoms with Gasteiger partial charge in [0, 0.05) is 14.1 Å². The van der Waals surface area contributed by atoms with Gasteiger partial charge in [-0.2, -0.15) is 5.26 Å². The summed E-state index contributed by atoms with van der Waals surface area (Å²) in [6.45, 7) is 0. The summed E-state index contributed by atoms with van der Waals surface area (Å²) >= 11 is 11.8. The molecule has 0 aliphatic heterocycles. The Labute approximate surface area is 110 Å². The van der Waals surface area contributed by atoms with Crippen molar-refractivity contribution in [1.82, 2.24) is 4.90 Å². The maximum absolute atomic E-state index is 11.6. The lowest BCUT2D eigenvalue weighted by atomic mass is 10.1. The largest absolute Gasteiger partial charge is 0.344 e. The third-order valence-corrected chi connectivity index (χ3v) is 2.87. The lowest BCUT2D eigenvalue weighted by Crippen LogP contribution is -2.22. The van der Waals surface area contributed by atoms with Gasteiger partial charge in [0.1, 0.15) is 11.6 Å². The summed E-state index contributed by atoms with van der Waals surface area (Å²) < 4.78 is 0. The van der Waals surface area contributed by atoms with Gasteiger partial charge >= 0.3 is 0 Å². The summed E-state index contributed by atoms with van der Waals surface area (Å²) in [5.41, 5.74) is 0.560. The Morgan fingerprint density at radius 2 is 2.06 bits per heavy atom. The number of halogens is 2. The van der Waals surface area contributed by atoms with E-state index >= 15 is 0 Å². The molecule has 0 aliphatic rings. The van der Waals surface area contributed by atoms with Gasteiger partial charge in [-0.1, -0.05) is 35.3 Å². The highest BCUT2D eigenvalue weighted by molar-refractivity contribution is 6.43. The number of carbonyl (C=O) groups is 1. The van der Waals surface area contributed by atoms with Crippen LogP contribution in [0, 0.1) is 11.3 Å². The quantitative estimate of drug-likeness (QED) is 0.612. The molecule has 1 rings (SSSR count). The van der Waals surface area contributed by atoms with Gasteiger partial charge in [0.2, 0.25) is 0 Å². The monoisotopic (exact) mass is 268 g/mol. The molecule has 0 unspecified atom stereocenters. The first-order valence-electron chi connectivity index (χ1n) is 4.75. The molecule has 3 nitrogen and oxygen atoms in total. The molecule has 1 amide bonds. The fourth-order valence-electron chi connectivity index (χ4n) is 1.17. The lowest BCUT2D eigenvalue weighted by Gasteiger charge is -2.09. The smallest absolute Gasteiger partial charge is 0.264 e. The second kappa shape index (κ2) is 5.72. The molecular weight excluding hydrogens is 259 g/mol. The summed E-state index contributed by atoms with van der Waals surface area (Å²) in [4.78, 5) is 13.0. The summed E-state index contributed by atoms with van der Waals surface area (Å²) in [6, 6.07) is 6.88. The number of hydrogen-bond donors (Lipinski definition) is 0. The van der Waals surface area contributed by atoms with Gasteiger partial charge in [-0.25, -0.2) is 0 Å². The van der Waals surface area contributed by atoms with Crippen LogP contribution in [0.4, 0.5) is 0 Å². The van der Waals surface area contributed by atoms with Gasteiger partial charge in [0.05, 0.1) is 10.0 Å². The van der Waals surface area contributed by atoms with Crippen LogP contribution in [0.15, 0.2) is 23.8 Å². The van der Waals surface area contributed by atoms with Crippen LogP contribution < -0.4 is 0 Å². The Balaban J connectivity index is 3.21. The Morgan fingerprint density at radius 3 is 2.59 bits per heavy atom. The predicted octanol–water partition coefficient (Wildman–Crippen LogP) is 2.99. The topological polar surface area (TPSA) is 44.1 Å². The average molecular weight is 269 g/mol. The first-order chi connectivity index (χ1) is 7.97. The zero-order valence-electron chi connectivity index (χ0n) is 9.37. The van der Waals surface area contributed by atoms with Crippen LogP contribution in [0.25, 0.3) is 6.08 Å².